The molecule has 1 fully saturated rings. The number of likely N-dealkylation sites (tertiary alicyclic amines) is 1. The molecule has 2 heterocycles. The lowest BCUT2D eigenvalue weighted by atomic mass is 9.72. The normalized spacial score (nSPS) is 32.0. The number of piperidine rings is 1. The molecule has 3 N–H and O–H groups in total. The van der Waals surface area contributed by atoms with Gasteiger partial charge in [-0.3, -0.25) is 10.5 Å². The van der Waals surface area contributed by atoms with Crippen molar-refractivity contribution in [2.24, 2.45) is 11.7 Å². The number of hydrogen-bond donors (Lipinski definition) is 2. The Kier molecular flexibility index (Phi) is 3.71. The highest BCUT2D eigenvalue weighted by Gasteiger charge is 2.50. The molecule has 2 aliphatic rings. The van der Waals surface area contributed by atoms with Gasteiger partial charge in [0, 0.05) is 35.8 Å². The quantitative estimate of drug-likeness (QED) is 0.849. The number of fused-ring (bicyclic) bond motifs is 2. The van der Waals surface area contributed by atoms with Gasteiger partial charge in [-0.15, -0.1) is 0 Å². The maximum absolute atomic E-state index is 11.3. The van der Waals surface area contributed by atoms with E-state index < -0.39 is 11.7 Å². The van der Waals surface area contributed by atoms with Gasteiger partial charge >= 0.3 is 5.97 Å². The van der Waals surface area contributed by atoms with E-state index in [4.69, 9.17) is 10.5 Å². The van der Waals surface area contributed by atoms with Crippen LogP contribution < -0.4 is 10.5 Å². The lowest BCUT2D eigenvalue weighted by Gasteiger charge is -2.50. The van der Waals surface area contributed by atoms with Gasteiger partial charge in [0.15, 0.2) is 5.72 Å². The predicted octanol–water partition coefficient (Wildman–Crippen LogP) is 2.01. The number of carboxylic acid groups (broad SMARTS) is 1. The Balaban J connectivity index is 2.07. The summed E-state index contributed by atoms with van der Waals surface area (Å²) in [7, 11) is 2.04. The maximum Gasteiger partial charge on any atom is 0.303 e. The molecule has 0 bridgehead atoms. The molecule has 0 spiro atoms. The van der Waals surface area contributed by atoms with E-state index in [1.54, 1.807) is 0 Å². The van der Waals surface area contributed by atoms with Gasteiger partial charge in [-0.25, -0.2) is 0 Å². The molecule has 3 atom stereocenters. The van der Waals surface area contributed by atoms with Gasteiger partial charge in [-0.05, 0) is 30.8 Å². The predicted molar refractivity (Wildman–Crippen MR) is 82.3 cm³/mol. The van der Waals surface area contributed by atoms with Crippen LogP contribution >= 0.6 is 15.9 Å². The Morgan fingerprint density at radius 3 is 3.10 bits per heavy atom. The topological polar surface area (TPSA) is 75.8 Å². The maximum atomic E-state index is 11.3. The van der Waals surface area contributed by atoms with Crippen LogP contribution in [0.2, 0.25) is 0 Å². The van der Waals surface area contributed by atoms with E-state index in [1.807, 2.05) is 25.2 Å². The summed E-state index contributed by atoms with van der Waals surface area (Å²) in [5.41, 5.74) is 6.66. The van der Waals surface area contributed by atoms with Crippen molar-refractivity contribution in [2.45, 2.75) is 24.5 Å². The largest absolute Gasteiger partial charge is 0.481 e. The molecule has 0 saturated carbocycles. The van der Waals surface area contributed by atoms with Crippen molar-refractivity contribution in [3.8, 4) is 5.75 Å². The highest BCUT2D eigenvalue weighted by atomic mass is 79.9. The van der Waals surface area contributed by atoms with Gasteiger partial charge in [0.2, 0.25) is 0 Å². The summed E-state index contributed by atoms with van der Waals surface area (Å²) >= 11 is 3.45. The van der Waals surface area contributed by atoms with Crippen molar-refractivity contribution in [3.63, 3.8) is 0 Å². The van der Waals surface area contributed by atoms with Crippen LogP contribution in [0.1, 0.15) is 24.3 Å². The molecule has 1 aromatic carbocycles. The highest BCUT2D eigenvalue weighted by Crippen LogP contribution is 2.48. The fraction of sp³-hybridized carbons (Fsp3) is 0.533. The third-order valence-corrected chi connectivity index (χ3v) is 5.07. The fourth-order valence-electron chi connectivity index (χ4n) is 3.49. The Hall–Kier alpha value is -1.11. The zero-order valence-corrected chi connectivity index (χ0v) is 13.5. The summed E-state index contributed by atoms with van der Waals surface area (Å²) in [5.74, 6) is -0.234. The smallest absolute Gasteiger partial charge is 0.303 e. The lowest BCUT2D eigenvalue weighted by Crippen LogP contribution is -2.63. The van der Waals surface area contributed by atoms with E-state index in [2.05, 4.69) is 20.8 Å². The zero-order valence-electron chi connectivity index (χ0n) is 11.9. The first kappa shape index (κ1) is 14.8. The Morgan fingerprint density at radius 1 is 1.62 bits per heavy atom. The number of hydrogen-bond acceptors (Lipinski definition) is 4. The number of benzene rings is 1. The Bertz CT molecular complexity index is 580. The van der Waals surface area contributed by atoms with Crippen LogP contribution in [-0.2, 0) is 4.79 Å². The molecule has 3 rings (SSSR count). The van der Waals surface area contributed by atoms with Gasteiger partial charge in [0.25, 0.3) is 0 Å². The molecule has 21 heavy (non-hydrogen) atoms. The van der Waals surface area contributed by atoms with E-state index in [0.717, 1.165) is 23.1 Å². The molecule has 0 aliphatic carbocycles. The van der Waals surface area contributed by atoms with Crippen LogP contribution in [-0.4, -0.2) is 41.8 Å². The number of nitrogens with two attached hydrogens (primary N) is 1. The molecule has 0 amide bonds. The summed E-state index contributed by atoms with van der Waals surface area (Å²) in [6.07, 6.45) is 0.782. The van der Waals surface area contributed by atoms with Gasteiger partial charge in [0.05, 0.1) is 6.42 Å². The number of carbonyl (C=O) groups is 1. The van der Waals surface area contributed by atoms with Crippen molar-refractivity contribution in [2.75, 3.05) is 20.1 Å². The van der Waals surface area contributed by atoms with Crippen LogP contribution in [0, 0.1) is 5.92 Å². The van der Waals surface area contributed by atoms with Crippen molar-refractivity contribution in [1.29, 1.82) is 0 Å². The van der Waals surface area contributed by atoms with E-state index in [9.17, 15) is 9.90 Å². The van der Waals surface area contributed by atoms with Gasteiger partial charge < -0.3 is 14.7 Å². The molecule has 114 valence electrons. The van der Waals surface area contributed by atoms with Crippen LogP contribution in [0.25, 0.3) is 0 Å². The molecular weight excluding hydrogens is 336 g/mol. The number of aliphatic carboxylic acids is 1. The SMILES string of the molecule is CN1CCC2(N)Oc3ccc(Br)cc3C(CC(=O)O)C2C1. The van der Waals surface area contributed by atoms with E-state index in [1.165, 1.54) is 0 Å². The summed E-state index contributed by atoms with van der Waals surface area (Å²) in [6, 6.07) is 5.73. The van der Waals surface area contributed by atoms with Crippen LogP contribution in [0.15, 0.2) is 22.7 Å². The summed E-state index contributed by atoms with van der Waals surface area (Å²) in [4.78, 5) is 13.5. The van der Waals surface area contributed by atoms with Crippen molar-refractivity contribution >= 4 is 21.9 Å². The second-order valence-electron chi connectivity index (χ2n) is 6.06. The third-order valence-electron chi connectivity index (χ3n) is 4.57. The van der Waals surface area contributed by atoms with E-state index in [-0.39, 0.29) is 18.3 Å². The van der Waals surface area contributed by atoms with Crippen LogP contribution in [0.4, 0.5) is 0 Å². The second-order valence-corrected chi connectivity index (χ2v) is 6.98. The zero-order chi connectivity index (χ0) is 15.2. The van der Waals surface area contributed by atoms with Gasteiger partial charge in [-0.1, -0.05) is 15.9 Å². The number of carboxylic acids is 1. The minimum absolute atomic E-state index is 0.0193. The molecule has 1 aromatic rings. The van der Waals surface area contributed by atoms with Crippen LogP contribution in [0.5, 0.6) is 5.75 Å². The number of rotatable bonds is 2. The van der Waals surface area contributed by atoms with Crippen molar-refractivity contribution in [3.05, 3.63) is 28.2 Å². The minimum atomic E-state index is -0.802. The van der Waals surface area contributed by atoms with E-state index in [0.29, 0.717) is 12.2 Å². The number of nitrogens with zero attached hydrogens (tertiary/aromatic N) is 1. The van der Waals surface area contributed by atoms with E-state index >= 15 is 0 Å². The molecule has 5 nitrogen and oxygen atoms in total. The highest BCUT2D eigenvalue weighted by molar-refractivity contribution is 9.10. The van der Waals surface area contributed by atoms with Gasteiger partial charge in [0.1, 0.15) is 5.75 Å². The van der Waals surface area contributed by atoms with Gasteiger partial charge in [-0.2, -0.15) is 0 Å². The fourth-order valence-corrected chi connectivity index (χ4v) is 3.87. The molecular formula is C15H19BrN2O3. The molecule has 6 heteroatoms. The first-order valence-electron chi connectivity index (χ1n) is 7.07. The van der Waals surface area contributed by atoms with Crippen molar-refractivity contribution in [1.82, 2.24) is 4.90 Å². The Labute approximate surface area is 132 Å². The Morgan fingerprint density at radius 2 is 2.38 bits per heavy atom. The van der Waals surface area contributed by atoms with Crippen LogP contribution in [0.3, 0.4) is 0 Å². The average molecular weight is 355 g/mol. The monoisotopic (exact) mass is 354 g/mol. The second kappa shape index (κ2) is 5.26. The first-order valence-corrected chi connectivity index (χ1v) is 7.86. The summed E-state index contributed by atoms with van der Waals surface area (Å²) in [6.45, 7) is 1.61. The lowest BCUT2D eigenvalue weighted by molar-refractivity contribution is -0.139. The number of halogens is 1. The first-order chi connectivity index (χ1) is 9.89. The average Bonchev–Trinajstić information content (AvgIpc) is 2.40. The summed E-state index contributed by atoms with van der Waals surface area (Å²) in [5, 5.41) is 9.29. The minimum Gasteiger partial charge on any atom is -0.481 e. The summed E-state index contributed by atoms with van der Waals surface area (Å²) < 4.78 is 7.00. The molecule has 0 radical (unpaired) electrons. The van der Waals surface area contributed by atoms with Crippen molar-refractivity contribution < 1.29 is 14.6 Å². The third kappa shape index (κ3) is 2.67. The molecule has 2 aliphatic heterocycles. The molecule has 0 aromatic heterocycles. The molecule has 1 saturated heterocycles. The molecule has 3 unspecified atom stereocenters. The number of ether oxygens (including phenoxy) is 1. The standard InChI is InChI=1S/C15H19BrN2O3/c1-18-5-4-15(17)12(8-18)10(7-14(19)20)11-6-9(16)2-3-13(11)21-15/h2-3,6,10,12H,4-5,7-8,17H2,1H3,(H,19,20).